The van der Waals surface area contributed by atoms with Crippen molar-refractivity contribution in [2.45, 2.75) is 109 Å². The lowest BCUT2D eigenvalue weighted by atomic mass is 9.99. The molecule has 2 heteroatoms. The van der Waals surface area contributed by atoms with E-state index in [9.17, 15) is 0 Å². The molecule has 2 aliphatic carbocycles. The average Bonchev–Trinajstić information content (AvgIpc) is 2.54. The molecule has 0 aromatic rings. The minimum absolute atomic E-state index is 0.479. The Kier molecular flexibility index (Phi) is 6.82. The molecule has 2 saturated carbocycles. The molecule has 0 radical (unpaired) electrons. The lowest BCUT2D eigenvalue weighted by Gasteiger charge is -2.42. The molecule has 2 aliphatic rings. The maximum absolute atomic E-state index is 6.93. The predicted octanol–water partition coefficient (Wildman–Crippen LogP) is 6.42. The Balaban J connectivity index is 2.18. The lowest BCUT2D eigenvalue weighted by molar-refractivity contribution is 0.218. The largest absolute Gasteiger partial charge is 0.235 e. The molecule has 1 nitrogen and oxygen atoms in total. The third-order valence-corrected chi connectivity index (χ3v) is 11.1. The van der Waals surface area contributed by atoms with Gasteiger partial charge in [-0.2, -0.15) is 0 Å². The topological polar surface area (TPSA) is 9.23 Å². The third-order valence-electron chi connectivity index (χ3n) is 5.83. The second-order valence-electron chi connectivity index (χ2n) is 7.08. The Morgan fingerprint density at radius 1 is 0.850 bits per heavy atom. The summed E-state index contributed by atoms with van der Waals surface area (Å²) in [5.41, 5.74) is 1.89. The molecule has 1 atom stereocenters. The second kappa shape index (κ2) is 8.14. The Labute approximate surface area is 127 Å². The zero-order chi connectivity index (χ0) is 14.4. The van der Waals surface area contributed by atoms with E-state index in [2.05, 4.69) is 20.8 Å². The average molecular weight is 299 g/mol. The highest BCUT2D eigenvalue weighted by molar-refractivity contribution is 7.72. The Bertz CT molecular complexity index is 249. The molecular weight excluding hydrogens is 263 g/mol. The van der Waals surface area contributed by atoms with Crippen LogP contribution in [0.2, 0.25) is 0 Å². The number of hydrogen-bond acceptors (Lipinski definition) is 1. The number of rotatable bonds is 6. The first kappa shape index (κ1) is 16.8. The molecule has 20 heavy (non-hydrogen) atoms. The second-order valence-corrected chi connectivity index (χ2v) is 11.1. The molecular formula is C18H36OP+. The van der Waals surface area contributed by atoms with Crippen molar-refractivity contribution in [3.05, 3.63) is 0 Å². The van der Waals surface area contributed by atoms with Crippen molar-refractivity contribution >= 4 is 7.49 Å². The van der Waals surface area contributed by atoms with E-state index in [1.54, 1.807) is 0 Å². The minimum atomic E-state index is -1.20. The van der Waals surface area contributed by atoms with Gasteiger partial charge in [-0.1, -0.05) is 19.8 Å². The Morgan fingerprint density at radius 3 is 1.65 bits per heavy atom. The van der Waals surface area contributed by atoms with Crippen LogP contribution < -0.4 is 0 Å². The first-order chi connectivity index (χ1) is 9.73. The summed E-state index contributed by atoms with van der Waals surface area (Å²) in [5.74, 6) is 0. The van der Waals surface area contributed by atoms with Gasteiger partial charge in [-0.3, -0.25) is 0 Å². The SMILES string of the molecule is CCC(C)O[P+](CC)(C1CCCCC1)C1CCCCC1. The van der Waals surface area contributed by atoms with E-state index in [0.29, 0.717) is 6.10 Å². The van der Waals surface area contributed by atoms with Gasteiger partial charge in [0.05, 0.1) is 23.6 Å². The summed E-state index contributed by atoms with van der Waals surface area (Å²) in [6.45, 7) is 7.05. The van der Waals surface area contributed by atoms with Gasteiger partial charge in [-0.05, 0) is 71.6 Å². The van der Waals surface area contributed by atoms with Gasteiger partial charge in [0.2, 0.25) is 0 Å². The van der Waals surface area contributed by atoms with Gasteiger partial charge < -0.3 is 0 Å². The highest BCUT2D eigenvalue weighted by atomic mass is 31.2. The van der Waals surface area contributed by atoms with Crippen LogP contribution in [0.1, 0.15) is 91.4 Å². The normalized spacial score (nSPS) is 24.8. The van der Waals surface area contributed by atoms with Gasteiger partial charge in [0.15, 0.2) is 7.49 Å². The van der Waals surface area contributed by atoms with Crippen LogP contribution in [0, 0.1) is 0 Å². The maximum atomic E-state index is 6.93. The van der Waals surface area contributed by atoms with Crippen LogP contribution in [-0.4, -0.2) is 23.6 Å². The van der Waals surface area contributed by atoms with Gasteiger partial charge in [0.25, 0.3) is 0 Å². The molecule has 118 valence electrons. The molecule has 1 unspecified atom stereocenters. The van der Waals surface area contributed by atoms with E-state index in [1.165, 1.54) is 76.8 Å². The van der Waals surface area contributed by atoms with E-state index in [1.807, 2.05) is 0 Å². The zero-order valence-corrected chi connectivity index (χ0v) is 15.0. The van der Waals surface area contributed by atoms with Crippen LogP contribution in [0.15, 0.2) is 0 Å². The van der Waals surface area contributed by atoms with Crippen molar-refractivity contribution in [1.82, 2.24) is 0 Å². The monoisotopic (exact) mass is 299 g/mol. The van der Waals surface area contributed by atoms with Crippen molar-refractivity contribution in [1.29, 1.82) is 0 Å². The molecule has 0 heterocycles. The molecule has 0 bridgehead atoms. The standard InChI is InChI=1S/C18H36OP/c1-4-16(3)19-20(5-2,17-12-8-6-9-13-17)18-14-10-7-11-15-18/h16-18H,4-15H2,1-3H3/q+1. The summed E-state index contributed by atoms with van der Waals surface area (Å²) in [4.78, 5) is 0. The minimum Gasteiger partial charge on any atom is -0.235 e. The molecule has 2 rings (SSSR count). The van der Waals surface area contributed by atoms with Crippen molar-refractivity contribution < 1.29 is 4.52 Å². The van der Waals surface area contributed by atoms with Crippen LogP contribution in [0.5, 0.6) is 0 Å². The summed E-state index contributed by atoms with van der Waals surface area (Å²) in [6.07, 6.45) is 17.6. The first-order valence-electron chi connectivity index (χ1n) is 9.28. The van der Waals surface area contributed by atoms with Gasteiger partial charge in [0, 0.05) is 0 Å². The van der Waals surface area contributed by atoms with Crippen molar-refractivity contribution in [2.24, 2.45) is 0 Å². The third kappa shape index (κ3) is 3.77. The fourth-order valence-electron chi connectivity index (χ4n) is 4.51. The predicted molar refractivity (Wildman–Crippen MR) is 92.0 cm³/mol. The van der Waals surface area contributed by atoms with Gasteiger partial charge in [-0.25, -0.2) is 4.52 Å². The summed E-state index contributed by atoms with van der Waals surface area (Å²) in [6, 6.07) is 0. The van der Waals surface area contributed by atoms with E-state index in [4.69, 9.17) is 4.52 Å². The molecule has 0 spiro atoms. The molecule has 0 aromatic heterocycles. The Morgan fingerprint density at radius 2 is 1.30 bits per heavy atom. The molecule has 0 aliphatic heterocycles. The van der Waals surface area contributed by atoms with E-state index in [-0.39, 0.29) is 0 Å². The van der Waals surface area contributed by atoms with E-state index < -0.39 is 7.49 Å². The van der Waals surface area contributed by atoms with Gasteiger partial charge in [0.1, 0.15) is 0 Å². The van der Waals surface area contributed by atoms with E-state index >= 15 is 0 Å². The number of hydrogen-bond donors (Lipinski definition) is 0. The van der Waals surface area contributed by atoms with Gasteiger partial charge >= 0.3 is 0 Å². The van der Waals surface area contributed by atoms with E-state index in [0.717, 1.165) is 11.3 Å². The zero-order valence-electron chi connectivity index (χ0n) is 14.1. The molecule has 2 fully saturated rings. The molecule has 0 saturated heterocycles. The van der Waals surface area contributed by atoms with Crippen molar-refractivity contribution in [2.75, 3.05) is 6.16 Å². The van der Waals surface area contributed by atoms with Crippen LogP contribution in [0.4, 0.5) is 0 Å². The highest BCUT2D eigenvalue weighted by Gasteiger charge is 2.53. The van der Waals surface area contributed by atoms with Crippen LogP contribution in [0.3, 0.4) is 0 Å². The first-order valence-corrected chi connectivity index (χ1v) is 11.3. The summed E-state index contributed by atoms with van der Waals surface area (Å²) in [7, 11) is -1.20. The highest BCUT2D eigenvalue weighted by Crippen LogP contribution is 2.73. The smallest absolute Gasteiger partial charge is 0.151 e. The summed E-state index contributed by atoms with van der Waals surface area (Å²) in [5, 5.41) is 0. The quantitative estimate of drug-likeness (QED) is 0.514. The van der Waals surface area contributed by atoms with Crippen molar-refractivity contribution in [3.8, 4) is 0 Å². The Hall–Kier alpha value is 0.390. The van der Waals surface area contributed by atoms with Gasteiger partial charge in [-0.15, -0.1) is 0 Å². The lowest BCUT2D eigenvalue weighted by Crippen LogP contribution is -2.32. The van der Waals surface area contributed by atoms with Crippen LogP contribution in [0.25, 0.3) is 0 Å². The molecule has 0 amide bonds. The fraction of sp³-hybridized carbons (Fsp3) is 1.00. The summed E-state index contributed by atoms with van der Waals surface area (Å²) >= 11 is 0. The maximum Gasteiger partial charge on any atom is 0.151 e. The fourth-order valence-corrected chi connectivity index (χ4v) is 9.93. The molecule has 0 N–H and O–H groups in total. The molecule has 0 aromatic carbocycles. The van der Waals surface area contributed by atoms with Crippen LogP contribution >= 0.6 is 7.49 Å². The summed E-state index contributed by atoms with van der Waals surface area (Å²) < 4.78 is 6.93. The van der Waals surface area contributed by atoms with Crippen molar-refractivity contribution in [3.63, 3.8) is 0 Å². The van der Waals surface area contributed by atoms with Crippen LogP contribution in [-0.2, 0) is 4.52 Å².